The monoisotopic (exact) mass is 364 g/mol. The summed E-state index contributed by atoms with van der Waals surface area (Å²) in [6.45, 7) is 1.91. The number of nitrogens with one attached hydrogen (secondary N) is 1. The molecule has 0 radical (unpaired) electrons. The molecule has 1 N–H and O–H groups in total. The number of pyridine rings is 1. The van der Waals surface area contributed by atoms with Crippen LogP contribution in [0.2, 0.25) is 0 Å². The first kappa shape index (κ1) is 18.3. The normalized spacial score (nSPS) is 11.5. The van der Waals surface area contributed by atoms with Gasteiger partial charge in [0.25, 0.3) is 5.91 Å². The lowest BCUT2D eigenvalue weighted by Gasteiger charge is -2.16. The Bertz CT molecular complexity index is 914. The van der Waals surface area contributed by atoms with Crippen LogP contribution in [0.1, 0.15) is 28.9 Å². The highest BCUT2D eigenvalue weighted by Gasteiger charge is 2.14. The highest BCUT2D eigenvalue weighted by atomic mass is 16.5. The van der Waals surface area contributed by atoms with Crippen molar-refractivity contribution < 1.29 is 14.3 Å². The molecule has 0 saturated heterocycles. The molecule has 1 amide bonds. The van der Waals surface area contributed by atoms with Crippen molar-refractivity contribution in [3.8, 4) is 22.8 Å². The second-order valence-corrected chi connectivity index (χ2v) is 5.87. The number of benzene rings is 1. The van der Waals surface area contributed by atoms with E-state index in [0.29, 0.717) is 22.8 Å². The van der Waals surface area contributed by atoms with Gasteiger partial charge < -0.3 is 14.8 Å². The number of nitrogens with zero attached hydrogens (tertiary/aromatic N) is 3. The van der Waals surface area contributed by atoms with Crippen molar-refractivity contribution in [2.45, 2.75) is 13.0 Å². The first-order chi connectivity index (χ1) is 13.1. The summed E-state index contributed by atoms with van der Waals surface area (Å²) < 4.78 is 10.6. The highest BCUT2D eigenvalue weighted by Crippen LogP contribution is 2.30. The summed E-state index contributed by atoms with van der Waals surface area (Å²) in [6.07, 6.45) is 6.35. The Kier molecular flexibility index (Phi) is 5.61. The Morgan fingerprint density at radius 3 is 2.37 bits per heavy atom. The van der Waals surface area contributed by atoms with Gasteiger partial charge in [-0.2, -0.15) is 0 Å². The molecular weight excluding hydrogens is 344 g/mol. The molecule has 7 nitrogen and oxygen atoms in total. The van der Waals surface area contributed by atoms with Gasteiger partial charge in [-0.05, 0) is 36.8 Å². The van der Waals surface area contributed by atoms with E-state index in [1.165, 1.54) is 6.33 Å². The van der Waals surface area contributed by atoms with Crippen molar-refractivity contribution in [3.63, 3.8) is 0 Å². The van der Waals surface area contributed by atoms with Crippen LogP contribution in [-0.2, 0) is 0 Å². The van der Waals surface area contributed by atoms with E-state index in [-0.39, 0.29) is 11.9 Å². The number of carbonyl (C=O) groups is 1. The molecule has 2 heterocycles. The molecule has 2 aromatic heterocycles. The Morgan fingerprint density at radius 1 is 1.00 bits per heavy atom. The molecule has 0 aliphatic heterocycles. The van der Waals surface area contributed by atoms with Crippen molar-refractivity contribution in [3.05, 3.63) is 66.4 Å². The van der Waals surface area contributed by atoms with E-state index >= 15 is 0 Å². The lowest BCUT2D eigenvalue weighted by molar-refractivity contribution is 0.0939. The van der Waals surface area contributed by atoms with Gasteiger partial charge in [-0.3, -0.25) is 9.78 Å². The quantitative estimate of drug-likeness (QED) is 0.723. The second kappa shape index (κ2) is 8.27. The van der Waals surface area contributed by atoms with Crippen LogP contribution >= 0.6 is 0 Å². The molecule has 0 fully saturated rings. The maximum Gasteiger partial charge on any atom is 0.253 e. The third kappa shape index (κ3) is 4.20. The average molecular weight is 364 g/mol. The Labute approximate surface area is 157 Å². The largest absolute Gasteiger partial charge is 0.493 e. The van der Waals surface area contributed by atoms with Crippen molar-refractivity contribution in [2.24, 2.45) is 0 Å². The molecule has 0 saturated carbocycles. The maximum atomic E-state index is 12.5. The molecule has 0 aliphatic carbocycles. The SMILES string of the molecule is COc1ccc([C@@H](C)NC(=O)c2ccc(-c3cncnc3)nc2)cc1OC. The predicted octanol–water partition coefficient (Wildman–Crippen LogP) is 3.05. The molecule has 0 spiro atoms. The first-order valence-electron chi connectivity index (χ1n) is 8.36. The predicted molar refractivity (Wildman–Crippen MR) is 101 cm³/mol. The van der Waals surface area contributed by atoms with Crippen LogP contribution in [0.5, 0.6) is 11.5 Å². The van der Waals surface area contributed by atoms with Gasteiger partial charge in [-0.15, -0.1) is 0 Å². The summed E-state index contributed by atoms with van der Waals surface area (Å²) in [5.41, 5.74) is 2.89. The summed E-state index contributed by atoms with van der Waals surface area (Å²) in [6, 6.07) is 8.85. The van der Waals surface area contributed by atoms with E-state index in [9.17, 15) is 4.79 Å². The number of amides is 1. The zero-order chi connectivity index (χ0) is 19.2. The second-order valence-electron chi connectivity index (χ2n) is 5.87. The fraction of sp³-hybridized carbons (Fsp3) is 0.200. The third-order valence-corrected chi connectivity index (χ3v) is 4.14. The molecule has 0 aliphatic rings. The van der Waals surface area contributed by atoms with Gasteiger partial charge in [0.1, 0.15) is 6.33 Å². The van der Waals surface area contributed by atoms with Crippen LogP contribution < -0.4 is 14.8 Å². The molecule has 1 atom stereocenters. The third-order valence-electron chi connectivity index (χ3n) is 4.14. The zero-order valence-corrected chi connectivity index (χ0v) is 15.3. The molecule has 3 aromatic rings. The number of hydrogen-bond acceptors (Lipinski definition) is 6. The van der Waals surface area contributed by atoms with E-state index in [2.05, 4.69) is 20.3 Å². The van der Waals surface area contributed by atoms with Gasteiger partial charge in [0.2, 0.25) is 0 Å². The van der Waals surface area contributed by atoms with Crippen molar-refractivity contribution in [1.82, 2.24) is 20.3 Å². The fourth-order valence-corrected chi connectivity index (χ4v) is 2.62. The lowest BCUT2D eigenvalue weighted by Crippen LogP contribution is -2.26. The number of carbonyl (C=O) groups excluding carboxylic acids is 1. The zero-order valence-electron chi connectivity index (χ0n) is 15.3. The van der Waals surface area contributed by atoms with Crippen molar-refractivity contribution >= 4 is 5.91 Å². The molecule has 1 aromatic carbocycles. The minimum Gasteiger partial charge on any atom is -0.493 e. The highest BCUT2D eigenvalue weighted by molar-refractivity contribution is 5.94. The number of aromatic nitrogens is 3. The summed E-state index contributed by atoms with van der Waals surface area (Å²) in [4.78, 5) is 24.8. The van der Waals surface area contributed by atoms with Crippen LogP contribution in [0, 0.1) is 0 Å². The molecule has 7 heteroatoms. The van der Waals surface area contributed by atoms with E-state index in [1.807, 2.05) is 25.1 Å². The smallest absolute Gasteiger partial charge is 0.253 e. The molecule has 0 unspecified atom stereocenters. The van der Waals surface area contributed by atoms with Gasteiger partial charge in [0, 0.05) is 24.2 Å². The van der Waals surface area contributed by atoms with E-state index < -0.39 is 0 Å². The number of rotatable bonds is 6. The molecule has 3 rings (SSSR count). The summed E-state index contributed by atoms with van der Waals surface area (Å²) >= 11 is 0. The lowest BCUT2D eigenvalue weighted by atomic mass is 10.1. The van der Waals surface area contributed by atoms with Gasteiger partial charge >= 0.3 is 0 Å². The molecule has 0 bridgehead atoms. The van der Waals surface area contributed by atoms with Gasteiger partial charge in [0.15, 0.2) is 11.5 Å². The van der Waals surface area contributed by atoms with Gasteiger partial charge in [-0.25, -0.2) is 9.97 Å². The standard InChI is InChI=1S/C20H20N4O3/c1-13(14-5-7-18(26-2)19(8-14)27-3)24-20(25)15-4-6-17(23-11-15)16-9-21-12-22-10-16/h4-13H,1-3H3,(H,24,25)/t13-/m1/s1. The Balaban J connectivity index is 1.71. The molecular formula is C20H20N4O3. The minimum atomic E-state index is -0.209. The minimum absolute atomic E-state index is 0.208. The summed E-state index contributed by atoms with van der Waals surface area (Å²) in [7, 11) is 3.16. The van der Waals surface area contributed by atoms with Gasteiger partial charge in [-0.1, -0.05) is 6.07 Å². The Hall–Kier alpha value is -3.48. The van der Waals surface area contributed by atoms with E-state index in [1.54, 1.807) is 44.9 Å². The van der Waals surface area contributed by atoms with Crippen LogP contribution in [0.15, 0.2) is 55.2 Å². The topological polar surface area (TPSA) is 86.2 Å². The van der Waals surface area contributed by atoms with Crippen LogP contribution in [0.3, 0.4) is 0 Å². The van der Waals surface area contributed by atoms with Crippen molar-refractivity contribution in [2.75, 3.05) is 14.2 Å². The average Bonchev–Trinajstić information content (AvgIpc) is 2.73. The van der Waals surface area contributed by atoms with Crippen LogP contribution in [0.25, 0.3) is 11.3 Å². The van der Waals surface area contributed by atoms with Crippen LogP contribution in [-0.4, -0.2) is 35.1 Å². The first-order valence-corrected chi connectivity index (χ1v) is 8.36. The van der Waals surface area contributed by atoms with Crippen LogP contribution in [0.4, 0.5) is 0 Å². The fourth-order valence-electron chi connectivity index (χ4n) is 2.62. The number of hydrogen-bond donors (Lipinski definition) is 1. The van der Waals surface area contributed by atoms with Gasteiger partial charge in [0.05, 0.1) is 31.5 Å². The molecule has 27 heavy (non-hydrogen) atoms. The van der Waals surface area contributed by atoms with Crippen molar-refractivity contribution in [1.29, 1.82) is 0 Å². The summed E-state index contributed by atoms with van der Waals surface area (Å²) in [5.74, 6) is 1.05. The number of methoxy groups -OCH3 is 2. The van der Waals surface area contributed by atoms with E-state index in [0.717, 1.165) is 11.1 Å². The Morgan fingerprint density at radius 2 is 1.74 bits per heavy atom. The van der Waals surface area contributed by atoms with E-state index in [4.69, 9.17) is 9.47 Å². The summed E-state index contributed by atoms with van der Waals surface area (Å²) in [5, 5.41) is 2.96. The maximum absolute atomic E-state index is 12.5. The number of ether oxygens (including phenoxy) is 2. The molecule has 138 valence electrons.